The van der Waals surface area contributed by atoms with Crippen molar-refractivity contribution in [3.8, 4) is 0 Å². The lowest BCUT2D eigenvalue weighted by Crippen LogP contribution is -2.37. The lowest BCUT2D eigenvalue weighted by atomic mass is 9.86. The van der Waals surface area contributed by atoms with Crippen LogP contribution in [0.1, 0.15) is 33.3 Å². The summed E-state index contributed by atoms with van der Waals surface area (Å²) >= 11 is 0. The van der Waals surface area contributed by atoms with Crippen molar-refractivity contribution in [1.82, 2.24) is 0 Å². The molecular weight excluding hydrogens is 357 g/mol. The smallest absolute Gasteiger partial charge is 0.244 e. The fourth-order valence-corrected chi connectivity index (χ4v) is 2.67. The average molecular weight is 378 g/mol. The highest BCUT2D eigenvalue weighted by Gasteiger charge is 2.24. The third kappa shape index (κ3) is 4.67. The van der Waals surface area contributed by atoms with Crippen molar-refractivity contribution in [2.45, 2.75) is 33.1 Å². The minimum absolute atomic E-state index is 0.240. The van der Waals surface area contributed by atoms with Gasteiger partial charge in [-0.1, -0.05) is 39.0 Å². The number of hydrogen-bond donors (Lipinski definition) is 1. The van der Waals surface area contributed by atoms with E-state index in [1.807, 2.05) is 32.9 Å². The van der Waals surface area contributed by atoms with Gasteiger partial charge in [0.2, 0.25) is 11.8 Å². The number of carbonyl (C=O) groups is 2. The lowest BCUT2D eigenvalue weighted by Gasteiger charge is -2.25. The van der Waals surface area contributed by atoms with Crippen LogP contribution in [0.2, 0.25) is 0 Å². The van der Waals surface area contributed by atoms with Gasteiger partial charge >= 0.3 is 0 Å². The van der Waals surface area contributed by atoms with Crippen LogP contribution in [0.15, 0.2) is 36.4 Å². The maximum atomic E-state index is 14.0. The molecule has 0 aromatic heterocycles. The number of halogens is 3. The van der Waals surface area contributed by atoms with Gasteiger partial charge in [0.05, 0.1) is 5.69 Å². The summed E-state index contributed by atoms with van der Waals surface area (Å²) in [6, 6.07) is 8.81. The minimum Gasteiger partial charge on any atom is -0.324 e. The molecule has 0 saturated carbocycles. The Kier molecular flexibility index (Phi) is 5.93. The van der Waals surface area contributed by atoms with Gasteiger partial charge in [0.1, 0.15) is 6.54 Å². The van der Waals surface area contributed by atoms with E-state index in [1.165, 1.54) is 0 Å². The van der Waals surface area contributed by atoms with Crippen LogP contribution >= 0.6 is 0 Å². The molecule has 7 heteroatoms. The van der Waals surface area contributed by atoms with E-state index in [4.69, 9.17) is 0 Å². The van der Waals surface area contributed by atoms with E-state index in [0.717, 1.165) is 23.5 Å². The second kappa shape index (κ2) is 7.82. The van der Waals surface area contributed by atoms with Crippen LogP contribution < -0.4 is 10.2 Å². The summed E-state index contributed by atoms with van der Waals surface area (Å²) in [4.78, 5) is 25.1. The molecule has 2 aromatic carbocycles. The summed E-state index contributed by atoms with van der Waals surface area (Å²) in [5.74, 6) is -5.86. The number of benzene rings is 2. The summed E-state index contributed by atoms with van der Waals surface area (Å²) < 4.78 is 40.7. The van der Waals surface area contributed by atoms with Crippen LogP contribution in [0.4, 0.5) is 24.5 Å². The maximum absolute atomic E-state index is 14.0. The number of anilines is 2. The fraction of sp³-hybridized carbons (Fsp3) is 0.300. The van der Waals surface area contributed by atoms with Crippen LogP contribution in [-0.2, 0) is 15.0 Å². The van der Waals surface area contributed by atoms with Crippen LogP contribution in [0.3, 0.4) is 0 Å². The van der Waals surface area contributed by atoms with E-state index in [-0.39, 0.29) is 5.41 Å². The lowest BCUT2D eigenvalue weighted by molar-refractivity contribution is -0.120. The van der Waals surface area contributed by atoms with Crippen molar-refractivity contribution >= 4 is 23.2 Å². The summed E-state index contributed by atoms with van der Waals surface area (Å²) in [6.07, 6.45) is 0. The zero-order valence-corrected chi connectivity index (χ0v) is 15.6. The molecule has 1 N–H and O–H groups in total. The molecule has 2 rings (SSSR count). The van der Waals surface area contributed by atoms with E-state index >= 15 is 0 Å². The van der Waals surface area contributed by atoms with Crippen LogP contribution in [0.25, 0.3) is 0 Å². The van der Waals surface area contributed by atoms with E-state index in [9.17, 15) is 22.8 Å². The third-order valence-corrected chi connectivity index (χ3v) is 4.00. The van der Waals surface area contributed by atoms with E-state index in [1.54, 1.807) is 12.1 Å². The quantitative estimate of drug-likeness (QED) is 0.802. The van der Waals surface area contributed by atoms with Crippen molar-refractivity contribution in [2.75, 3.05) is 16.8 Å². The Bertz CT molecular complexity index is 876. The van der Waals surface area contributed by atoms with Gasteiger partial charge in [0.25, 0.3) is 0 Å². The number of nitrogens with one attached hydrogen (secondary N) is 1. The monoisotopic (exact) mass is 378 g/mol. The number of nitrogens with zero attached hydrogens (tertiary/aromatic N) is 1. The van der Waals surface area contributed by atoms with E-state index in [2.05, 4.69) is 5.32 Å². The van der Waals surface area contributed by atoms with Crippen LogP contribution in [0.5, 0.6) is 0 Å². The molecule has 2 aromatic rings. The first kappa shape index (κ1) is 20.5. The predicted molar refractivity (Wildman–Crippen MR) is 98.1 cm³/mol. The molecule has 4 nitrogen and oxygen atoms in total. The average Bonchev–Trinajstić information content (AvgIpc) is 2.57. The topological polar surface area (TPSA) is 49.4 Å². The molecule has 0 bridgehead atoms. The first-order chi connectivity index (χ1) is 12.5. The standard InChI is InChI=1S/C20H21F3N2O2/c1-12(26)25(16-10-9-14(21)18(22)19(16)23)11-17(27)24-15-8-6-5-7-13(15)20(2,3)4/h5-10H,11H2,1-4H3,(H,24,27). The van der Waals surface area contributed by atoms with Crippen molar-refractivity contribution in [3.63, 3.8) is 0 Å². The number of para-hydroxylation sites is 1. The van der Waals surface area contributed by atoms with Gasteiger partial charge in [0.15, 0.2) is 17.5 Å². The SMILES string of the molecule is CC(=O)N(CC(=O)Nc1ccccc1C(C)(C)C)c1ccc(F)c(F)c1F. The van der Waals surface area contributed by atoms with Crippen LogP contribution in [-0.4, -0.2) is 18.4 Å². The van der Waals surface area contributed by atoms with Crippen molar-refractivity contribution in [2.24, 2.45) is 0 Å². The molecule has 0 fully saturated rings. The van der Waals surface area contributed by atoms with Gasteiger partial charge in [-0.2, -0.15) is 0 Å². The largest absolute Gasteiger partial charge is 0.324 e. The van der Waals surface area contributed by atoms with Crippen molar-refractivity contribution in [1.29, 1.82) is 0 Å². The van der Waals surface area contributed by atoms with E-state index in [0.29, 0.717) is 11.8 Å². The molecule has 0 heterocycles. The van der Waals surface area contributed by atoms with Gasteiger partial charge in [-0.05, 0) is 29.2 Å². The van der Waals surface area contributed by atoms with Gasteiger partial charge in [-0.3, -0.25) is 9.59 Å². The Morgan fingerprint density at radius 3 is 2.22 bits per heavy atom. The molecule has 144 valence electrons. The van der Waals surface area contributed by atoms with Gasteiger partial charge in [0, 0.05) is 12.6 Å². The highest BCUT2D eigenvalue weighted by atomic mass is 19.2. The summed E-state index contributed by atoms with van der Waals surface area (Å²) in [5.41, 5.74) is 0.702. The highest BCUT2D eigenvalue weighted by molar-refractivity contribution is 6.02. The second-order valence-corrected chi connectivity index (χ2v) is 7.14. The predicted octanol–water partition coefficient (Wildman–Crippen LogP) is 4.39. The molecule has 0 spiro atoms. The molecule has 0 aliphatic heterocycles. The van der Waals surface area contributed by atoms with Gasteiger partial charge in [-0.25, -0.2) is 13.2 Å². The Morgan fingerprint density at radius 2 is 1.63 bits per heavy atom. The Morgan fingerprint density at radius 1 is 1.00 bits per heavy atom. The fourth-order valence-electron chi connectivity index (χ4n) is 2.67. The zero-order valence-electron chi connectivity index (χ0n) is 15.6. The number of carbonyl (C=O) groups excluding carboxylic acids is 2. The molecule has 2 amide bonds. The summed E-state index contributed by atoms with van der Waals surface area (Å²) in [7, 11) is 0. The van der Waals surface area contributed by atoms with Crippen molar-refractivity contribution < 1.29 is 22.8 Å². The molecule has 0 atom stereocenters. The molecular formula is C20H21F3N2O2. The zero-order chi connectivity index (χ0) is 20.4. The number of rotatable bonds is 4. The number of amides is 2. The Labute approximate surface area is 156 Å². The summed E-state index contributed by atoms with van der Waals surface area (Å²) in [6.45, 7) is 6.51. The molecule has 0 unspecified atom stereocenters. The molecule has 27 heavy (non-hydrogen) atoms. The first-order valence-corrected chi connectivity index (χ1v) is 8.33. The maximum Gasteiger partial charge on any atom is 0.244 e. The summed E-state index contributed by atoms with van der Waals surface area (Å²) in [5, 5.41) is 2.69. The van der Waals surface area contributed by atoms with Gasteiger partial charge < -0.3 is 10.2 Å². The number of hydrogen-bond acceptors (Lipinski definition) is 2. The molecule has 0 saturated heterocycles. The second-order valence-electron chi connectivity index (χ2n) is 7.14. The normalized spacial score (nSPS) is 11.2. The molecule has 0 radical (unpaired) electrons. The Hall–Kier alpha value is -2.83. The molecule has 0 aliphatic carbocycles. The third-order valence-electron chi connectivity index (χ3n) is 4.00. The first-order valence-electron chi connectivity index (χ1n) is 8.33. The Balaban J connectivity index is 2.28. The minimum atomic E-state index is -1.70. The van der Waals surface area contributed by atoms with Crippen LogP contribution in [0, 0.1) is 17.5 Å². The molecule has 0 aliphatic rings. The van der Waals surface area contributed by atoms with Crippen molar-refractivity contribution in [3.05, 3.63) is 59.4 Å². The highest BCUT2D eigenvalue weighted by Crippen LogP contribution is 2.29. The van der Waals surface area contributed by atoms with Gasteiger partial charge in [-0.15, -0.1) is 0 Å². The van der Waals surface area contributed by atoms with E-state index < -0.39 is 41.5 Å².